The summed E-state index contributed by atoms with van der Waals surface area (Å²) < 4.78 is 5.55. The number of esters is 1. The van der Waals surface area contributed by atoms with Crippen molar-refractivity contribution in [3.8, 4) is 0 Å². The number of benzene rings is 2. The van der Waals surface area contributed by atoms with Gasteiger partial charge in [0.1, 0.15) is 6.04 Å². The van der Waals surface area contributed by atoms with E-state index in [2.05, 4.69) is 10.3 Å². The molecule has 25 heavy (non-hydrogen) atoms. The SMILES string of the molecule is COC(=O)C(Cc1ccccc1)Nc1nc2ccc([N+](=O)[O-])cc2s1. The maximum Gasteiger partial charge on any atom is 0.328 e. The van der Waals surface area contributed by atoms with Gasteiger partial charge in [0.2, 0.25) is 0 Å². The lowest BCUT2D eigenvalue weighted by atomic mass is 10.1. The maximum atomic E-state index is 12.1. The van der Waals surface area contributed by atoms with Crippen LogP contribution < -0.4 is 5.32 Å². The van der Waals surface area contributed by atoms with Crippen LogP contribution in [0.3, 0.4) is 0 Å². The van der Waals surface area contributed by atoms with Gasteiger partial charge in [-0.3, -0.25) is 10.1 Å². The highest BCUT2D eigenvalue weighted by Crippen LogP contribution is 2.29. The molecule has 0 amide bonds. The Morgan fingerprint density at radius 2 is 2.08 bits per heavy atom. The van der Waals surface area contributed by atoms with E-state index < -0.39 is 16.9 Å². The number of nitro benzene ring substituents is 1. The van der Waals surface area contributed by atoms with Crippen LogP contribution in [0.5, 0.6) is 0 Å². The van der Waals surface area contributed by atoms with E-state index in [1.54, 1.807) is 6.07 Å². The second-order valence-corrected chi connectivity index (χ2v) is 6.37. The molecule has 128 valence electrons. The lowest BCUT2D eigenvalue weighted by Crippen LogP contribution is -2.32. The van der Waals surface area contributed by atoms with Crippen LogP contribution in [0.4, 0.5) is 10.8 Å². The number of fused-ring (bicyclic) bond motifs is 1. The van der Waals surface area contributed by atoms with E-state index in [4.69, 9.17) is 4.74 Å². The smallest absolute Gasteiger partial charge is 0.328 e. The fourth-order valence-electron chi connectivity index (χ4n) is 2.42. The van der Waals surface area contributed by atoms with Crippen molar-refractivity contribution >= 4 is 38.3 Å². The largest absolute Gasteiger partial charge is 0.467 e. The van der Waals surface area contributed by atoms with E-state index >= 15 is 0 Å². The molecular weight excluding hydrogens is 342 g/mol. The summed E-state index contributed by atoms with van der Waals surface area (Å²) in [5.74, 6) is -0.394. The summed E-state index contributed by atoms with van der Waals surface area (Å²) in [6.45, 7) is 0. The number of non-ortho nitro benzene ring substituents is 1. The van der Waals surface area contributed by atoms with Gasteiger partial charge >= 0.3 is 5.97 Å². The molecule has 0 aliphatic heterocycles. The minimum atomic E-state index is -0.594. The summed E-state index contributed by atoms with van der Waals surface area (Å²) in [6, 6.07) is 13.5. The maximum absolute atomic E-state index is 12.1. The van der Waals surface area contributed by atoms with Crippen molar-refractivity contribution < 1.29 is 14.5 Å². The minimum Gasteiger partial charge on any atom is -0.467 e. The van der Waals surface area contributed by atoms with Gasteiger partial charge in [-0.2, -0.15) is 0 Å². The molecule has 2 aromatic carbocycles. The number of thiazole rings is 1. The van der Waals surface area contributed by atoms with Crippen LogP contribution in [-0.4, -0.2) is 29.0 Å². The third-order valence-corrected chi connectivity index (χ3v) is 4.60. The highest BCUT2D eigenvalue weighted by Gasteiger charge is 2.21. The Morgan fingerprint density at radius 3 is 2.76 bits per heavy atom. The fraction of sp³-hybridized carbons (Fsp3) is 0.176. The van der Waals surface area contributed by atoms with Crippen LogP contribution in [-0.2, 0) is 16.0 Å². The summed E-state index contributed by atoms with van der Waals surface area (Å²) in [5, 5.41) is 14.5. The molecule has 1 N–H and O–H groups in total. The Morgan fingerprint density at radius 1 is 1.32 bits per heavy atom. The number of hydrogen-bond acceptors (Lipinski definition) is 7. The van der Waals surface area contributed by atoms with Gasteiger partial charge in [-0.15, -0.1) is 0 Å². The number of anilines is 1. The molecule has 1 unspecified atom stereocenters. The standard InChI is InChI=1S/C17H15N3O4S/c1-24-16(21)14(9-11-5-3-2-4-6-11)19-17-18-13-8-7-12(20(22)23)10-15(13)25-17/h2-8,10,14H,9H2,1H3,(H,18,19). The molecule has 8 heteroatoms. The third-order valence-electron chi connectivity index (χ3n) is 3.65. The molecule has 0 radical (unpaired) electrons. The van der Waals surface area contributed by atoms with Crippen LogP contribution in [0.15, 0.2) is 48.5 Å². The molecule has 0 aliphatic rings. The van der Waals surface area contributed by atoms with Gasteiger partial charge in [0.05, 0.1) is 22.2 Å². The number of methoxy groups -OCH3 is 1. The van der Waals surface area contributed by atoms with Crippen molar-refractivity contribution in [1.29, 1.82) is 0 Å². The summed E-state index contributed by atoms with van der Waals surface area (Å²) in [7, 11) is 1.34. The Balaban J connectivity index is 1.84. The van der Waals surface area contributed by atoms with Gasteiger partial charge in [0.25, 0.3) is 5.69 Å². The highest BCUT2D eigenvalue weighted by atomic mass is 32.1. The Labute approximate surface area is 147 Å². The van der Waals surface area contributed by atoms with Crippen molar-refractivity contribution in [1.82, 2.24) is 4.98 Å². The van der Waals surface area contributed by atoms with E-state index in [0.717, 1.165) is 5.56 Å². The second kappa shape index (κ2) is 7.27. The highest BCUT2D eigenvalue weighted by molar-refractivity contribution is 7.22. The number of nitrogens with one attached hydrogen (secondary N) is 1. The van der Waals surface area contributed by atoms with Gasteiger partial charge in [-0.25, -0.2) is 9.78 Å². The van der Waals surface area contributed by atoms with Crippen LogP contribution in [0, 0.1) is 10.1 Å². The van der Waals surface area contributed by atoms with Gasteiger partial charge in [0, 0.05) is 18.6 Å². The molecular formula is C17H15N3O4S. The van der Waals surface area contributed by atoms with Crippen molar-refractivity contribution in [3.05, 3.63) is 64.2 Å². The molecule has 0 spiro atoms. The van der Waals surface area contributed by atoms with Crippen molar-refractivity contribution in [3.63, 3.8) is 0 Å². The lowest BCUT2D eigenvalue weighted by molar-refractivity contribution is -0.384. The molecule has 7 nitrogen and oxygen atoms in total. The van der Waals surface area contributed by atoms with E-state index in [1.165, 1.54) is 30.6 Å². The fourth-order valence-corrected chi connectivity index (χ4v) is 3.37. The van der Waals surface area contributed by atoms with Crippen LogP contribution >= 0.6 is 11.3 Å². The Bertz CT molecular complexity index is 911. The zero-order valence-electron chi connectivity index (χ0n) is 13.3. The average molecular weight is 357 g/mol. The summed E-state index contributed by atoms with van der Waals surface area (Å²) >= 11 is 1.26. The van der Waals surface area contributed by atoms with Crippen LogP contribution in [0.2, 0.25) is 0 Å². The lowest BCUT2D eigenvalue weighted by Gasteiger charge is -2.15. The number of carbonyl (C=O) groups is 1. The van der Waals surface area contributed by atoms with Crippen molar-refractivity contribution in [2.75, 3.05) is 12.4 Å². The molecule has 3 rings (SSSR count). The van der Waals surface area contributed by atoms with E-state index in [9.17, 15) is 14.9 Å². The normalized spacial score (nSPS) is 11.9. The first kappa shape index (κ1) is 16.8. The van der Waals surface area contributed by atoms with Gasteiger partial charge in [0.15, 0.2) is 5.13 Å². The Hall–Kier alpha value is -3.00. The van der Waals surface area contributed by atoms with E-state index in [-0.39, 0.29) is 5.69 Å². The predicted octanol–water partition coefficient (Wildman–Crippen LogP) is 3.40. The van der Waals surface area contributed by atoms with Gasteiger partial charge < -0.3 is 10.1 Å². The van der Waals surface area contributed by atoms with E-state index in [1.807, 2.05) is 30.3 Å². The first-order chi connectivity index (χ1) is 12.1. The van der Waals surface area contributed by atoms with Crippen LogP contribution in [0.1, 0.15) is 5.56 Å². The molecule has 3 aromatic rings. The van der Waals surface area contributed by atoms with Crippen LogP contribution in [0.25, 0.3) is 10.2 Å². The number of hydrogen-bond donors (Lipinski definition) is 1. The molecule has 0 saturated heterocycles. The average Bonchev–Trinajstić information content (AvgIpc) is 3.02. The number of aromatic nitrogens is 1. The summed E-state index contributed by atoms with van der Waals surface area (Å²) in [6.07, 6.45) is 0.448. The van der Waals surface area contributed by atoms with Crippen molar-refractivity contribution in [2.24, 2.45) is 0 Å². The first-order valence-corrected chi connectivity index (χ1v) is 8.32. The number of ether oxygens (including phenoxy) is 1. The quantitative estimate of drug-likeness (QED) is 0.413. The molecule has 0 fully saturated rings. The van der Waals surface area contributed by atoms with Gasteiger partial charge in [-0.1, -0.05) is 41.7 Å². The summed E-state index contributed by atoms with van der Waals surface area (Å²) in [4.78, 5) is 26.9. The van der Waals surface area contributed by atoms with Gasteiger partial charge in [-0.05, 0) is 11.6 Å². The second-order valence-electron chi connectivity index (χ2n) is 5.34. The number of nitro groups is 1. The zero-order valence-corrected chi connectivity index (χ0v) is 14.2. The monoisotopic (exact) mass is 357 g/mol. The number of nitrogens with zero attached hydrogens (tertiary/aromatic N) is 2. The topological polar surface area (TPSA) is 94.4 Å². The molecule has 0 saturated carbocycles. The Kier molecular flexibility index (Phi) is 4.90. The summed E-state index contributed by atoms with van der Waals surface area (Å²) in [5.41, 5.74) is 1.64. The first-order valence-electron chi connectivity index (χ1n) is 7.50. The molecule has 0 aliphatic carbocycles. The zero-order chi connectivity index (χ0) is 17.8. The molecule has 1 aromatic heterocycles. The molecule has 1 atom stereocenters. The predicted molar refractivity (Wildman–Crippen MR) is 95.8 cm³/mol. The minimum absolute atomic E-state index is 0.0107. The molecule has 1 heterocycles. The van der Waals surface area contributed by atoms with Crippen molar-refractivity contribution in [2.45, 2.75) is 12.5 Å². The molecule has 0 bridgehead atoms. The number of carbonyl (C=O) groups excluding carboxylic acids is 1. The van der Waals surface area contributed by atoms with E-state index in [0.29, 0.717) is 21.8 Å². The third kappa shape index (κ3) is 3.92. The number of rotatable bonds is 6.